The quantitative estimate of drug-likeness (QED) is 0.530. The molecule has 0 spiro atoms. The molecule has 3 heteroatoms. The summed E-state index contributed by atoms with van der Waals surface area (Å²) >= 11 is 5.67. The van der Waals surface area contributed by atoms with Gasteiger partial charge in [0.25, 0.3) is 0 Å². The maximum Gasteiger partial charge on any atom is 0.120 e. The molecule has 0 aliphatic heterocycles. The second kappa shape index (κ2) is 4.21. The third kappa shape index (κ3) is 2.05. The SMILES string of the molecule is COc1cccc(N(C)CCl)c1. The maximum atomic E-state index is 5.67. The number of rotatable bonds is 3. The topological polar surface area (TPSA) is 12.5 Å². The predicted octanol–water partition coefficient (Wildman–Crippen LogP) is 2.33. The van der Waals surface area contributed by atoms with Crippen LogP contribution in [0.15, 0.2) is 24.3 Å². The van der Waals surface area contributed by atoms with Crippen molar-refractivity contribution >= 4 is 17.3 Å². The fourth-order valence-electron chi connectivity index (χ4n) is 0.917. The Bertz CT molecular complexity index is 252. The van der Waals surface area contributed by atoms with Crippen molar-refractivity contribution in [1.29, 1.82) is 0 Å². The van der Waals surface area contributed by atoms with Crippen LogP contribution >= 0.6 is 11.6 Å². The highest BCUT2D eigenvalue weighted by atomic mass is 35.5. The highest BCUT2D eigenvalue weighted by Crippen LogP contribution is 2.19. The van der Waals surface area contributed by atoms with Crippen LogP contribution in [-0.2, 0) is 0 Å². The molecule has 0 bridgehead atoms. The number of methoxy groups -OCH3 is 1. The summed E-state index contributed by atoms with van der Waals surface area (Å²) in [5.41, 5.74) is 1.06. The molecule has 0 atom stereocenters. The van der Waals surface area contributed by atoms with Gasteiger partial charge >= 0.3 is 0 Å². The molecule has 2 nitrogen and oxygen atoms in total. The summed E-state index contributed by atoms with van der Waals surface area (Å²) in [6, 6.07) is 8.27. The van der Waals surface area contributed by atoms with Crippen LogP contribution in [0, 0.1) is 0 Å². The van der Waals surface area contributed by atoms with Crippen molar-refractivity contribution in [1.82, 2.24) is 0 Å². The van der Waals surface area contributed by atoms with Crippen LogP contribution in [0.5, 0.6) is 5.75 Å². The Labute approximate surface area is 77.7 Å². The van der Waals surface area contributed by atoms with Crippen molar-refractivity contribution in [2.24, 2.45) is 0 Å². The summed E-state index contributed by atoms with van der Waals surface area (Å²) < 4.78 is 5.08. The first-order chi connectivity index (χ1) is 5.77. The standard InChI is InChI=1S/C9H12ClNO/c1-11(7-10)8-4-3-5-9(6-8)12-2/h3-6H,7H2,1-2H3. The van der Waals surface area contributed by atoms with Crippen LogP contribution in [0.2, 0.25) is 0 Å². The van der Waals surface area contributed by atoms with E-state index < -0.39 is 0 Å². The normalized spacial score (nSPS) is 9.58. The summed E-state index contributed by atoms with van der Waals surface area (Å²) in [6.45, 7) is 0. The van der Waals surface area contributed by atoms with Gasteiger partial charge in [-0.25, -0.2) is 0 Å². The Morgan fingerprint density at radius 1 is 1.50 bits per heavy atom. The van der Waals surface area contributed by atoms with Crippen LogP contribution in [0.3, 0.4) is 0 Å². The summed E-state index contributed by atoms with van der Waals surface area (Å²) in [5, 5.41) is 0. The van der Waals surface area contributed by atoms with Gasteiger partial charge < -0.3 is 9.64 Å². The fourth-order valence-corrected chi connectivity index (χ4v) is 1.05. The van der Waals surface area contributed by atoms with Crippen molar-refractivity contribution in [3.05, 3.63) is 24.3 Å². The molecule has 0 N–H and O–H groups in total. The van der Waals surface area contributed by atoms with Gasteiger partial charge in [-0.1, -0.05) is 6.07 Å². The minimum absolute atomic E-state index is 0.479. The molecule has 0 fully saturated rings. The van der Waals surface area contributed by atoms with Crippen LogP contribution in [0.25, 0.3) is 0 Å². The van der Waals surface area contributed by atoms with Gasteiger partial charge in [0.1, 0.15) is 5.75 Å². The fraction of sp³-hybridized carbons (Fsp3) is 0.333. The Morgan fingerprint density at radius 3 is 2.83 bits per heavy atom. The first-order valence-electron chi connectivity index (χ1n) is 3.69. The van der Waals surface area contributed by atoms with Gasteiger partial charge in [0.05, 0.1) is 13.1 Å². The first kappa shape index (κ1) is 9.20. The average Bonchev–Trinajstić information content (AvgIpc) is 2.17. The molecule has 1 rings (SSSR count). The second-order valence-corrected chi connectivity index (χ2v) is 2.76. The molecule has 1 aromatic carbocycles. The summed E-state index contributed by atoms with van der Waals surface area (Å²) in [4.78, 5) is 1.93. The number of anilines is 1. The van der Waals surface area contributed by atoms with E-state index in [1.807, 2.05) is 36.2 Å². The molecule has 0 saturated carbocycles. The van der Waals surface area contributed by atoms with Gasteiger partial charge in [0.15, 0.2) is 0 Å². The van der Waals surface area contributed by atoms with Crippen molar-refractivity contribution in [3.63, 3.8) is 0 Å². The van der Waals surface area contributed by atoms with Gasteiger partial charge in [0.2, 0.25) is 0 Å². The minimum Gasteiger partial charge on any atom is -0.497 e. The number of hydrogen-bond acceptors (Lipinski definition) is 2. The molecule has 0 aliphatic rings. The maximum absolute atomic E-state index is 5.67. The van der Waals surface area contributed by atoms with Gasteiger partial charge in [-0.3, -0.25) is 0 Å². The van der Waals surface area contributed by atoms with E-state index in [2.05, 4.69) is 0 Å². The molecular weight excluding hydrogens is 174 g/mol. The Hall–Kier alpha value is -0.890. The molecule has 0 heterocycles. The third-order valence-corrected chi connectivity index (χ3v) is 2.03. The van der Waals surface area contributed by atoms with Crippen LogP contribution in [-0.4, -0.2) is 20.2 Å². The number of benzene rings is 1. The lowest BCUT2D eigenvalue weighted by Crippen LogP contribution is -2.13. The van der Waals surface area contributed by atoms with E-state index in [9.17, 15) is 0 Å². The highest BCUT2D eigenvalue weighted by Gasteiger charge is 1.98. The van der Waals surface area contributed by atoms with Crippen LogP contribution in [0.1, 0.15) is 0 Å². The molecule has 0 amide bonds. The van der Waals surface area contributed by atoms with Crippen molar-refractivity contribution < 1.29 is 4.74 Å². The molecule has 12 heavy (non-hydrogen) atoms. The van der Waals surface area contributed by atoms with E-state index in [-0.39, 0.29) is 0 Å². The van der Waals surface area contributed by atoms with E-state index in [4.69, 9.17) is 16.3 Å². The van der Waals surface area contributed by atoms with E-state index in [1.165, 1.54) is 0 Å². The Kier molecular flexibility index (Phi) is 3.23. The lowest BCUT2D eigenvalue weighted by Gasteiger charge is -2.15. The predicted molar refractivity (Wildman–Crippen MR) is 52.1 cm³/mol. The highest BCUT2D eigenvalue weighted by molar-refractivity contribution is 6.18. The van der Waals surface area contributed by atoms with Gasteiger partial charge in [-0.2, -0.15) is 0 Å². The summed E-state index contributed by atoms with van der Waals surface area (Å²) in [5.74, 6) is 0.851. The smallest absolute Gasteiger partial charge is 0.120 e. The zero-order valence-corrected chi connectivity index (χ0v) is 8.01. The number of ether oxygens (including phenoxy) is 1. The summed E-state index contributed by atoms with van der Waals surface area (Å²) in [6.07, 6.45) is 0. The molecule has 1 aromatic rings. The molecule has 0 aromatic heterocycles. The molecule has 0 aliphatic carbocycles. The lowest BCUT2D eigenvalue weighted by atomic mass is 10.3. The molecule has 0 saturated heterocycles. The van der Waals surface area contributed by atoms with Crippen LogP contribution < -0.4 is 9.64 Å². The van der Waals surface area contributed by atoms with Gasteiger partial charge in [-0.15, -0.1) is 11.6 Å². The number of hydrogen-bond donors (Lipinski definition) is 0. The third-order valence-electron chi connectivity index (χ3n) is 1.67. The lowest BCUT2D eigenvalue weighted by molar-refractivity contribution is 0.415. The number of alkyl halides is 1. The molecular formula is C9H12ClNO. The Morgan fingerprint density at radius 2 is 2.25 bits per heavy atom. The zero-order chi connectivity index (χ0) is 8.97. The molecule has 0 radical (unpaired) electrons. The zero-order valence-electron chi connectivity index (χ0n) is 7.25. The van der Waals surface area contributed by atoms with Crippen molar-refractivity contribution in [3.8, 4) is 5.75 Å². The molecule has 66 valence electrons. The monoisotopic (exact) mass is 185 g/mol. The van der Waals surface area contributed by atoms with E-state index in [0.717, 1.165) is 11.4 Å². The second-order valence-electron chi connectivity index (χ2n) is 2.52. The van der Waals surface area contributed by atoms with Crippen molar-refractivity contribution in [2.75, 3.05) is 25.1 Å². The largest absolute Gasteiger partial charge is 0.497 e. The molecule has 0 unspecified atom stereocenters. The average molecular weight is 186 g/mol. The van der Waals surface area contributed by atoms with E-state index in [1.54, 1.807) is 7.11 Å². The summed E-state index contributed by atoms with van der Waals surface area (Å²) in [7, 11) is 3.58. The van der Waals surface area contributed by atoms with Crippen molar-refractivity contribution in [2.45, 2.75) is 0 Å². The number of halogens is 1. The van der Waals surface area contributed by atoms with Gasteiger partial charge in [0, 0.05) is 18.8 Å². The Balaban J connectivity index is 2.86. The first-order valence-corrected chi connectivity index (χ1v) is 4.22. The van der Waals surface area contributed by atoms with E-state index >= 15 is 0 Å². The number of nitrogens with zero attached hydrogens (tertiary/aromatic N) is 1. The van der Waals surface area contributed by atoms with E-state index in [0.29, 0.717) is 6.00 Å². The van der Waals surface area contributed by atoms with Crippen LogP contribution in [0.4, 0.5) is 5.69 Å². The minimum atomic E-state index is 0.479. The van der Waals surface area contributed by atoms with Gasteiger partial charge in [-0.05, 0) is 12.1 Å².